The minimum absolute atomic E-state index is 0.242. The molecule has 0 spiro atoms. The fourth-order valence-electron chi connectivity index (χ4n) is 3.87. The predicted molar refractivity (Wildman–Crippen MR) is 127 cm³/mol. The number of hydrogen-bond acceptors (Lipinski definition) is 6. The summed E-state index contributed by atoms with van der Waals surface area (Å²) >= 11 is 7.85. The number of aryl methyl sites for hydroxylation is 2. The first-order chi connectivity index (χ1) is 14.6. The van der Waals surface area contributed by atoms with Crippen LogP contribution in [0.25, 0.3) is 21.3 Å². The highest BCUT2D eigenvalue weighted by Crippen LogP contribution is 2.40. The lowest BCUT2D eigenvalue weighted by atomic mass is 9.99. The fourth-order valence-corrected chi connectivity index (χ4v) is 5.02. The van der Waals surface area contributed by atoms with Crippen molar-refractivity contribution in [3.05, 3.63) is 40.0 Å². The Bertz CT molecular complexity index is 1130. The van der Waals surface area contributed by atoms with Crippen LogP contribution in [0, 0.1) is 13.8 Å². The zero-order valence-electron chi connectivity index (χ0n) is 18.5. The van der Waals surface area contributed by atoms with Gasteiger partial charge in [-0.25, -0.2) is 9.78 Å². The Kier molecular flexibility index (Phi) is 5.83. The molecule has 2 aromatic heterocycles. The third kappa shape index (κ3) is 4.62. The maximum absolute atomic E-state index is 12.4. The Hall–Kier alpha value is -2.38. The molecule has 0 radical (unpaired) electrons. The van der Waals surface area contributed by atoms with E-state index in [9.17, 15) is 4.79 Å². The van der Waals surface area contributed by atoms with Gasteiger partial charge in [0.1, 0.15) is 16.2 Å². The molecule has 0 saturated carbocycles. The topological polar surface area (TPSA) is 58.6 Å². The Labute approximate surface area is 191 Å². The number of aromatic nitrogens is 2. The van der Waals surface area contributed by atoms with Crippen molar-refractivity contribution in [2.24, 2.45) is 0 Å². The van der Waals surface area contributed by atoms with Gasteiger partial charge in [-0.05, 0) is 57.3 Å². The molecule has 0 bridgehead atoms. The Balaban J connectivity index is 1.66. The van der Waals surface area contributed by atoms with Gasteiger partial charge in [-0.1, -0.05) is 23.8 Å². The highest BCUT2D eigenvalue weighted by Gasteiger charge is 2.28. The minimum Gasteiger partial charge on any atom is -0.444 e. The molecule has 0 N–H and O–H groups in total. The summed E-state index contributed by atoms with van der Waals surface area (Å²) in [5, 5.41) is 3.39. The highest BCUT2D eigenvalue weighted by molar-refractivity contribution is 7.17. The van der Waals surface area contributed by atoms with E-state index in [0.717, 1.165) is 21.6 Å². The number of carbonyl (C=O) groups excluding carboxylic acids is 1. The van der Waals surface area contributed by atoms with Crippen molar-refractivity contribution in [3.8, 4) is 11.1 Å². The van der Waals surface area contributed by atoms with Gasteiger partial charge in [-0.15, -0.1) is 11.3 Å². The molecule has 6 nitrogen and oxygen atoms in total. The monoisotopic (exact) mass is 458 g/mol. The number of amides is 1. The van der Waals surface area contributed by atoms with E-state index < -0.39 is 5.60 Å². The summed E-state index contributed by atoms with van der Waals surface area (Å²) in [5.41, 5.74) is 4.25. The second kappa shape index (κ2) is 8.28. The molecule has 1 saturated heterocycles. The van der Waals surface area contributed by atoms with Crippen LogP contribution in [0.3, 0.4) is 0 Å². The van der Waals surface area contributed by atoms with Crippen LogP contribution < -0.4 is 4.90 Å². The zero-order valence-corrected chi connectivity index (χ0v) is 20.1. The van der Waals surface area contributed by atoms with Gasteiger partial charge in [0.15, 0.2) is 0 Å². The third-order valence-corrected chi connectivity index (χ3v) is 6.33. The van der Waals surface area contributed by atoms with E-state index in [2.05, 4.69) is 52.3 Å². The van der Waals surface area contributed by atoms with Crippen LogP contribution in [-0.2, 0) is 4.74 Å². The molecule has 4 rings (SSSR count). The summed E-state index contributed by atoms with van der Waals surface area (Å²) in [5.74, 6) is 0.829. The number of hydrogen-bond donors (Lipinski definition) is 0. The minimum atomic E-state index is -0.502. The molecule has 1 amide bonds. The summed E-state index contributed by atoms with van der Waals surface area (Å²) in [6.07, 6.45) is -0.274. The molecule has 1 aliphatic heterocycles. The molecule has 1 aromatic carbocycles. The average Bonchev–Trinajstić information content (AvgIpc) is 3.09. The van der Waals surface area contributed by atoms with Crippen molar-refractivity contribution < 1.29 is 9.53 Å². The van der Waals surface area contributed by atoms with Crippen molar-refractivity contribution in [2.75, 3.05) is 31.1 Å². The molecule has 1 fully saturated rings. The Morgan fingerprint density at radius 3 is 2.45 bits per heavy atom. The van der Waals surface area contributed by atoms with E-state index >= 15 is 0 Å². The van der Waals surface area contributed by atoms with Gasteiger partial charge >= 0.3 is 6.09 Å². The summed E-state index contributed by atoms with van der Waals surface area (Å²) in [4.78, 5) is 26.3. The summed E-state index contributed by atoms with van der Waals surface area (Å²) < 4.78 is 5.52. The normalized spacial score (nSPS) is 14.9. The van der Waals surface area contributed by atoms with Gasteiger partial charge in [0, 0.05) is 37.1 Å². The zero-order chi connectivity index (χ0) is 22.3. The Morgan fingerprint density at radius 1 is 1.10 bits per heavy atom. The molecule has 1 aliphatic rings. The fraction of sp³-hybridized carbons (Fsp3) is 0.435. The lowest BCUT2D eigenvalue weighted by Crippen LogP contribution is -2.50. The predicted octanol–water partition coefficient (Wildman–Crippen LogP) is 5.69. The number of halogens is 1. The summed E-state index contributed by atoms with van der Waals surface area (Å²) in [6, 6.07) is 6.47. The lowest BCUT2D eigenvalue weighted by Gasteiger charge is -2.36. The number of carbonyl (C=O) groups is 1. The van der Waals surface area contributed by atoms with Crippen molar-refractivity contribution in [1.82, 2.24) is 14.9 Å². The second-order valence-corrected chi connectivity index (χ2v) is 10.1. The van der Waals surface area contributed by atoms with Crippen LogP contribution in [0.15, 0.2) is 23.6 Å². The van der Waals surface area contributed by atoms with Gasteiger partial charge in [-0.2, -0.15) is 4.98 Å². The molecule has 0 unspecified atom stereocenters. The third-order valence-electron chi connectivity index (χ3n) is 5.29. The second-order valence-electron chi connectivity index (χ2n) is 8.92. The van der Waals surface area contributed by atoms with Crippen molar-refractivity contribution in [3.63, 3.8) is 0 Å². The van der Waals surface area contributed by atoms with Gasteiger partial charge in [-0.3, -0.25) is 0 Å². The molecule has 164 valence electrons. The van der Waals surface area contributed by atoms with Crippen LogP contribution >= 0.6 is 22.9 Å². The van der Waals surface area contributed by atoms with Crippen LogP contribution in [0.1, 0.15) is 31.9 Å². The van der Waals surface area contributed by atoms with Gasteiger partial charge in [0.25, 0.3) is 0 Å². The molecular weight excluding hydrogens is 432 g/mol. The molecule has 3 heterocycles. The van der Waals surface area contributed by atoms with Crippen LogP contribution in [0.5, 0.6) is 0 Å². The van der Waals surface area contributed by atoms with Gasteiger partial charge in [0.2, 0.25) is 5.28 Å². The van der Waals surface area contributed by atoms with Crippen molar-refractivity contribution >= 4 is 45.1 Å². The number of piperazine rings is 1. The number of rotatable bonds is 2. The van der Waals surface area contributed by atoms with E-state index in [1.54, 1.807) is 16.2 Å². The van der Waals surface area contributed by atoms with E-state index in [1.165, 1.54) is 16.7 Å². The smallest absolute Gasteiger partial charge is 0.410 e. The van der Waals surface area contributed by atoms with Crippen molar-refractivity contribution in [2.45, 2.75) is 40.2 Å². The highest BCUT2D eigenvalue weighted by atomic mass is 35.5. The molecular formula is C23H27ClN4O2S. The van der Waals surface area contributed by atoms with Crippen LogP contribution in [-0.4, -0.2) is 52.7 Å². The van der Waals surface area contributed by atoms with E-state index in [4.69, 9.17) is 16.3 Å². The number of fused-ring (bicyclic) bond motifs is 1. The largest absolute Gasteiger partial charge is 0.444 e. The van der Waals surface area contributed by atoms with Crippen molar-refractivity contribution in [1.29, 1.82) is 0 Å². The number of anilines is 1. The maximum Gasteiger partial charge on any atom is 0.410 e. The van der Waals surface area contributed by atoms with E-state index in [1.807, 2.05) is 20.8 Å². The number of ether oxygens (including phenoxy) is 1. The molecule has 3 aromatic rings. The Morgan fingerprint density at radius 2 is 1.81 bits per heavy atom. The van der Waals surface area contributed by atoms with E-state index in [0.29, 0.717) is 26.2 Å². The lowest BCUT2D eigenvalue weighted by molar-refractivity contribution is 0.0240. The molecule has 0 aliphatic carbocycles. The molecule has 8 heteroatoms. The first kappa shape index (κ1) is 21.8. The standard InChI is InChI=1S/C23H27ClN4O2S/c1-14-6-7-16(15(2)12-14)17-13-31-20-18(17)19(25-21(24)26-20)27-8-10-28(11-9-27)22(29)30-23(3,4)5/h6-7,12-13H,8-11H2,1-5H3. The van der Waals surface area contributed by atoms with Crippen LogP contribution in [0.4, 0.5) is 10.6 Å². The first-order valence-electron chi connectivity index (χ1n) is 10.4. The quantitative estimate of drug-likeness (QED) is 0.462. The maximum atomic E-state index is 12.4. The SMILES string of the molecule is Cc1ccc(-c2csc3nc(Cl)nc(N4CCN(C(=O)OC(C)(C)C)CC4)c23)c(C)c1. The number of nitrogens with zero attached hydrogens (tertiary/aromatic N) is 4. The molecule has 0 atom stereocenters. The first-order valence-corrected chi connectivity index (χ1v) is 11.6. The van der Waals surface area contributed by atoms with Gasteiger partial charge in [0.05, 0.1) is 5.39 Å². The number of thiophene rings is 1. The summed E-state index contributed by atoms with van der Waals surface area (Å²) in [7, 11) is 0. The summed E-state index contributed by atoms with van der Waals surface area (Å²) in [6.45, 7) is 12.3. The molecule has 31 heavy (non-hydrogen) atoms. The average molecular weight is 459 g/mol. The van der Waals surface area contributed by atoms with Gasteiger partial charge < -0.3 is 14.5 Å². The van der Waals surface area contributed by atoms with Crippen LogP contribution in [0.2, 0.25) is 5.28 Å². The van der Waals surface area contributed by atoms with E-state index in [-0.39, 0.29) is 11.4 Å². The number of benzene rings is 1.